The number of Topliss-reactive ketones (excluding diaryl/α,β-unsaturated/α-hetero) is 1. The number of hydrogen-bond acceptors (Lipinski definition) is 7. The lowest BCUT2D eigenvalue weighted by atomic mass is 9.99. The summed E-state index contributed by atoms with van der Waals surface area (Å²) in [5.41, 5.74) is 8.65. The lowest BCUT2D eigenvalue weighted by Gasteiger charge is -2.25. The number of carbonyl (C=O) groups is 5. The number of pyridine rings is 1. The van der Waals surface area contributed by atoms with Gasteiger partial charge in [-0.05, 0) is 60.4 Å². The average Bonchev–Trinajstić information content (AvgIpc) is 3.43. The van der Waals surface area contributed by atoms with Crippen LogP contribution in [0.1, 0.15) is 37.0 Å². The van der Waals surface area contributed by atoms with E-state index in [4.69, 9.17) is 5.73 Å². The molecule has 0 fully saturated rings. The van der Waals surface area contributed by atoms with Crippen LogP contribution in [0.25, 0.3) is 10.9 Å². The molecule has 0 saturated heterocycles. The molecule has 4 atom stereocenters. The van der Waals surface area contributed by atoms with Crippen LogP contribution in [0, 0.1) is 5.92 Å². The van der Waals surface area contributed by atoms with E-state index in [1.54, 1.807) is 49.8 Å². The largest absolute Gasteiger partial charge is 0.508 e. The molecule has 0 aliphatic carbocycles. The number of aromatic amines is 1. The van der Waals surface area contributed by atoms with Gasteiger partial charge in [0.25, 0.3) is 0 Å². The lowest BCUT2D eigenvalue weighted by molar-refractivity contribution is -0.135. The van der Waals surface area contributed by atoms with Crippen LogP contribution in [-0.4, -0.2) is 62.6 Å². The fraction of sp³-hybridized carbons (Fsp3) is 0.294. The third-order valence-electron chi connectivity index (χ3n) is 7.69. The molecule has 240 valence electrons. The number of ketones is 1. The predicted octanol–water partition coefficient (Wildman–Crippen LogP) is 1.85. The summed E-state index contributed by atoms with van der Waals surface area (Å²) in [6.45, 7) is 3.07. The molecule has 0 radical (unpaired) electrons. The highest BCUT2D eigenvalue weighted by Gasteiger charge is 2.31. The maximum absolute atomic E-state index is 13.7. The summed E-state index contributed by atoms with van der Waals surface area (Å²) < 4.78 is 0. The molecule has 2 aromatic heterocycles. The van der Waals surface area contributed by atoms with E-state index in [0.717, 1.165) is 22.0 Å². The fourth-order valence-electron chi connectivity index (χ4n) is 5.13. The Balaban J connectivity index is 1.50. The molecule has 4 amide bonds. The minimum Gasteiger partial charge on any atom is -0.508 e. The van der Waals surface area contributed by atoms with Gasteiger partial charge in [0.2, 0.25) is 23.6 Å². The predicted molar refractivity (Wildman–Crippen MR) is 171 cm³/mol. The number of benzene rings is 2. The van der Waals surface area contributed by atoms with Gasteiger partial charge in [-0.1, -0.05) is 37.3 Å². The quantitative estimate of drug-likeness (QED) is 0.116. The Bertz CT molecular complexity index is 1690. The van der Waals surface area contributed by atoms with Crippen molar-refractivity contribution >= 4 is 40.3 Å². The number of hydrogen-bond donors (Lipinski definition) is 6. The van der Waals surface area contributed by atoms with Gasteiger partial charge < -0.3 is 31.8 Å². The van der Waals surface area contributed by atoms with Crippen molar-refractivity contribution in [2.45, 2.75) is 57.7 Å². The monoisotopic (exact) mass is 626 g/mol. The maximum atomic E-state index is 13.7. The second-order valence-corrected chi connectivity index (χ2v) is 11.4. The Morgan fingerprint density at radius 1 is 0.783 bits per heavy atom. The molecule has 0 saturated carbocycles. The third-order valence-corrected chi connectivity index (χ3v) is 7.69. The van der Waals surface area contributed by atoms with Crippen LogP contribution in [0.3, 0.4) is 0 Å². The van der Waals surface area contributed by atoms with Crippen LogP contribution in [0.15, 0.2) is 79.3 Å². The molecule has 2 aromatic carbocycles. The van der Waals surface area contributed by atoms with Crippen LogP contribution in [0.4, 0.5) is 0 Å². The van der Waals surface area contributed by atoms with Crippen molar-refractivity contribution in [3.63, 3.8) is 0 Å². The zero-order valence-corrected chi connectivity index (χ0v) is 25.7. The Labute approximate surface area is 266 Å². The van der Waals surface area contributed by atoms with E-state index in [1.165, 1.54) is 19.1 Å². The van der Waals surface area contributed by atoms with E-state index in [9.17, 15) is 29.1 Å². The minimum atomic E-state index is -1.41. The molecule has 12 heteroatoms. The summed E-state index contributed by atoms with van der Waals surface area (Å²) in [6, 6.07) is 13.8. The van der Waals surface area contributed by atoms with E-state index in [2.05, 4.69) is 25.9 Å². The van der Waals surface area contributed by atoms with Crippen molar-refractivity contribution < 1.29 is 29.1 Å². The van der Waals surface area contributed by atoms with Crippen LogP contribution < -0.4 is 21.7 Å². The SMILES string of the molecule is CC(=O)[C@H](Cc1c[nH]c2ccccc12)NC(=O)[C@H](CC(N)=O)NC(=O)[C@H](Cc1ccc(O)cc1)NC(=O)[C@@H](C)Cc1ccncc1. The normalized spacial score (nSPS) is 13.6. The molecule has 4 aromatic rings. The van der Waals surface area contributed by atoms with Crippen molar-refractivity contribution in [2.24, 2.45) is 11.7 Å². The van der Waals surface area contributed by atoms with E-state index >= 15 is 0 Å². The summed E-state index contributed by atoms with van der Waals surface area (Å²) in [5.74, 6) is -3.54. The zero-order chi connectivity index (χ0) is 33.2. The van der Waals surface area contributed by atoms with Crippen molar-refractivity contribution in [3.05, 3.63) is 95.9 Å². The summed E-state index contributed by atoms with van der Waals surface area (Å²) in [6.07, 6.45) is 5.09. The molecule has 4 rings (SSSR count). The molecule has 0 aliphatic heterocycles. The smallest absolute Gasteiger partial charge is 0.243 e. The van der Waals surface area contributed by atoms with E-state index in [1.807, 2.05) is 24.3 Å². The summed E-state index contributed by atoms with van der Waals surface area (Å²) >= 11 is 0. The second kappa shape index (κ2) is 15.5. The van der Waals surface area contributed by atoms with E-state index in [0.29, 0.717) is 12.0 Å². The topological polar surface area (TPSA) is 196 Å². The van der Waals surface area contributed by atoms with Gasteiger partial charge in [-0.25, -0.2) is 0 Å². The number of rotatable bonds is 15. The number of H-pyrrole nitrogens is 1. The van der Waals surface area contributed by atoms with E-state index < -0.39 is 54.1 Å². The average molecular weight is 627 g/mol. The molecule has 0 spiro atoms. The molecule has 0 bridgehead atoms. The van der Waals surface area contributed by atoms with Crippen molar-refractivity contribution in [1.82, 2.24) is 25.9 Å². The Morgan fingerprint density at radius 2 is 1.39 bits per heavy atom. The van der Waals surface area contributed by atoms with Crippen LogP contribution >= 0.6 is 0 Å². The number of carbonyl (C=O) groups excluding carboxylic acids is 5. The van der Waals surface area contributed by atoms with Gasteiger partial charge in [0.05, 0.1) is 12.5 Å². The highest BCUT2D eigenvalue weighted by Crippen LogP contribution is 2.19. The van der Waals surface area contributed by atoms with Crippen LogP contribution in [-0.2, 0) is 43.2 Å². The Morgan fingerprint density at radius 3 is 2.07 bits per heavy atom. The first kappa shape index (κ1) is 33.4. The first-order valence-electron chi connectivity index (χ1n) is 14.9. The molecule has 0 unspecified atom stereocenters. The summed E-state index contributed by atoms with van der Waals surface area (Å²) in [4.78, 5) is 72.0. The highest BCUT2D eigenvalue weighted by molar-refractivity contribution is 5.97. The van der Waals surface area contributed by atoms with Gasteiger partial charge >= 0.3 is 0 Å². The standard InChI is InChI=1S/C34H38N6O6/c1-20(15-23-11-13-36-14-12-23)32(44)39-29(16-22-7-9-25(42)10-8-22)33(45)40-30(18-31(35)43)34(46)38-28(21(2)41)17-24-19-37-27-6-4-3-5-26(24)27/h3-14,19-20,28-30,37,42H,15-18H2,1-2H3,(H2,35,43)(H,38,46)(H,39,44)(H,40,45)/t20-,28-,29-,30-/m0/s1. The third kappa shape index (κ3) is 9.24. The van der Waals surface area contributed by atoms with Crippen LogP contribution in [0.5, 0.6) is 5.75 Å². The second-order valence-electron chi connectivity index (χ2n) is 11.4. The van der Waals surface area contributed by atoms with Crippen molar-refractivity contribution in [1.29, 1.82) is 0 Å². The van der Waals surface area contributed by atoms with Crippen molar-refractivity contribution in [3.8, 4) is 5.75 Å². The van der Waals surface area contributed by atoms with Gasteiger partial charge in [0, 0.05) is 48.3 Å². The lowest BCUT2D eigenvalue weighted by Crippen LogP contribution is -2.57. The van der Waals surface area contributed by atoms with Gasteiger partial charge in [0.1, 0.15) is 17.8 Å². The minimum absolute atomic E-state index is 0.0291. The zero-order valence-electron chi connectivity index (χ0n) is 25.7. The first-order valence-corrected chi connectivity index (χ1v) is 14.9. The number of fused-ring (bicyclic) bond motifs is 1. The van der Waals surface area contributed by atoms with Crippen LogP contribution in [0.2, 0.25) is 0 Å². The van der Waals surface area contributed by atoms with Gasteiger partial charge in [-0.2, -0.15) is 0 Å². The number of aromatic nitrogens is 2. The Kier molecular flexibility index (Phi) is 11.2. The number of phenolic OH excluding ortho intramolecular Hbond substituents is 1. The Hall–Kier alpha value is -5.52. The molecule has 2 heterocycles. The van der Waals surface area contributed by atoms with Gasteiger partial charge in [0.15, 0.2) is 5.78 Å². The number of nitrogens with zero attached hydrogens (tertiary/aromatic N) is 1. The number of aromatic hydroxyl groups is 1. The first-order chi connectivity index (χ1) is 22.0. The molecular weight excluding hydrogens is 588 g/mol. The highest BCUT2D eigenvalue weighted by atomic mass is 16.3. The molecular formula is C34H38N6O6. The molecule has 7 N–H and O–H groups in total. The number of phenols is 1. The number of primary amides is 1. The van der Waals surface area contributed by atoms with E-state index in [-0.39, 0.29) is 24.4 Å². The molecule has 0 aliphatic rings. The number of nitrogens with one attached hydrogen (secondary N) is 4. The number of nitrogens with two attached hydrogens (primary N) is 1. The number of para-hydroxylation sites is 1. The van der Waals surface area contributed by atoms with Gasteiger partial charge in [-0.3, -0.25) is 29.0 Å². The number of amides is 4. The maximum Gasteiger partial charge on any atom is 0.243 e. The van der Waals surface area contributed by atoms with Crippen molar-refractivity contribution in [2.75, 3.05) is 0 Å². The fourth-order valence-corrected chi connectivity index (χ4v) is 5.13. The molecule has 46 heavy (non-hydrogen) atoms. The summed E-state index contributed by atoms with van der Waals surface area (Å²) in [5, 5.41) is 18.6. The summed E-state index contributed by atoms with van der Waals surface area (Å²) in [7, 11) is 0. The molecule has 12 nitrogen and oxygen atoms in total. The van der Waals surface area contributed by atoms with Gasteiger partial charge in [-0.15, -0.1) is 0 Å².